The maximum atomic E-state index is 12.5. The van der Waals surface area contributed by atoms with Crippen LogP contribution in [-0.2, 0) is 0 Å². The van der Waals surface area contributed by atoms with Crippen LogP contribution in [0, 0.1) is 0 Å². The normalized spacial score (nSPS) is 19.3. The van der Waals surface area contributed by atoms with E-state index in [1.54, 1.807) is 12.1 Å². The van der Waals surface area contributed by atoms with Crippen LogP contribution in [0.5, 0.6) is 0 Å². The Morgan fingerprint density at radius 2 is 2.24 bits per heavy atom. The van der Waals surface area contributed by atoms with Crippen molar-refractivity contribution >= 4 is 23.2 Å². The van der Waals surface area contributed by atoms with Gasteiger partial charge >= 0.3 is 0 Å². The van der Waals surface area contributed by atoms with Gasteiger partial charge in [-0.15, -0.1) is 0 Å². The first-order valence-electron chi connectivity index (χ1n) is 7.70. The van der Waals surface area contributed by atoms with Gasteiger partial charge < -0.3 is 15.5 Å². The fourth-order valence-corrected chi connectivity index (χ4v) is 2.94. The summed E-state index contributed by atoms with van der Waals surface area (Å²) in [7, 11) is 0. The van der Waals surface area contributed by atoms with E-state index >= 15 is 0 Å². The highest BCUT2D eigenvalue weighted by atomic mass is 35.5. The average molecular weight is 310 g/mol. The van der Waals surface area contributed by atoms with E-state index < -0.39 is 0 Å². The first-order chi connectivity index (χ1) is 10.1. The molecule has 21 heavy (non-hydrogen) atoms. The van der Waals surface area contributed by atoms with Crippen LogP contribution >= 0.6 is 11.6 Å². The highest BCUT2D eigenvalue weighted by Crippen LogP contribution is 2.21. The average Bonchev–Trinajstić information content (AvgIpc) is 2.49. The van der Waals surface area contributed by atoms with E-state index in [2.05, 4.69) is 22.5 Å². The zero-order chi connectivity index (χ0) is 15.2. The van der Waals surface area contributed by atoms with Crippen molar-refractivity contribution in [3.05, 3.63) is 28.8 Å². The highest BCUT2D eigenvalue weighted by molar-refractivity contribution is 6.31. The van der Waals surface area contributed by atoms with Gasteiger partial charge in [0.05, 0.1) is 5.56 Å². The van der Waals surface area contributed by atoms with Crippen LogP contribution in [-0.4, -0.2) is 43.0 Å². The molecule has 0 aliphatic carbocycles. The number of likely N-dealkylation sites (N-methyl/N-ethyl adjacent to an activating group) is 1. The van der Waals surface area contributed by atoms with E-state index in [-0.39, 0.29) is 11.9 Å². The molecule has 2 N–H and O–H groups in total. The molecular formula is C16H24ClN3O. The predicted molar refractivity (Wildman–Crippen MR) is 88.2 cm³/mol. The molecule has 1 fully saturated rings. The molecular weight excluding hydrogens is 286 g/mol. The molecule has 1 heterocycles. The minimum absolute atomic E-state index is 0.0450. The first-order valence-corrected chi connectivity index (χ1v) is 8.08. The monoisotopic (exact) mass is 309 g/mol. The molecule has 1 amide bonds. The van der Waals surface area contributed by atoms with Gasteiger partial charge in [-0.25, -0.2) is 0 Å². The maximum absolute atomic E-state index is 12.5. The van der Waals surface area contributed by atoms with E-state index in [1.807, 2.05) is 13.0 Å². The van der Waals surface area contributed by atoms with Gasteiger partial charge in [0.15, 0.2) is 0 Å². The second-order valence-corrected chi connectivity index (χ2v) is 5.86. The zero-order valence-corrected chi connectivity index (χ0v) is 13.5. The number of carbonyl (C=O) groups excluding carboxylic acids is 1. The Hall–Kier alpha value is -1.26. The van der Waals surface area contributed by atoms with Crippen LogP contribution in [0.15, 0.2) is 18.2 Å². The SMILES string of the molecule is CCNc1ccc(Cl)cc1C(=O)NC1CCCN(CC)C1. The molecule has 2 rings (SSSR count). The third kappa shape index (κ3) is 4.35. The summed E-state index contributed by atoms with van der Waals surface area (Å²) in [5.74, 6) is -0.0450. The van der Waals surface area contributed by atoms with E-state index in [0.717, 1.165) is 44.7 Å². The number of rotatable bonds is 5. The van der Waals surface area contributed by atoms with E-state index in [9.17, 15) is 4.79 Å². The number of amides is 1. The number of hydrogen-bond donors (Lipinski definition) is 2. The summed E-state index contributed by atoms with van der Waals surface area (Å²) in [6, 6.07) is 5.62. The molecule has 0 radical (unpaired) electrons. The number of nitrogens with one attached hydrogen (secondary N) is 2. The molecule has 1 aromatic rings. The lowest BCUT2D eigenvalue weighted by Gasteiger charge is -2.32. The molecule has 116 valence electrons. The van der Waals surface area contributed by atoms with Gasteiger partial charge in [-0.2, -0.15) is 0 Å². The molecule has 5 heteroatoms. The number of anilines is 1. The fraction of sp³-hybridized carbons (Fsp3) is 0.562. The molecule has 4 nitrogen and oxygen atoms in total. The molecule has 1 aromatic carbocycles. The fourth-order valence-electron chi connectivity index (χ4n) is 2.77. The van der Waals surface area contributed by atoms with Crippen LogP contribution in [0.1, 0.15) is 37.0 Å². The molecule has 0 aromatic heterocycles. The van der Waals surface area contributed by atoms with Gasteiger partial charge in [0.25, 0.3) is 5.91 Å². The quantitative estimate of drug-likeness (QED) is 0.879. The standard InChI is InChI=1S/C16H24ClN3O/c1-3-18-15-8-7-12(17)10-14(15)16(21)19-13-6-5-9-20(4-2)11-13/h7-8,10,13,18H,3-6,9,11H2,1-2H3,(H,19,21). The summed E-state index contributed by atoms with van der Waals surface area (Å²) in [4.78, 5) is 14.9. The lowest BCUT2D eigenvalue weighted by Crippen LogP contribution is -2.47. The van der Waals surface area contributed by atoms with E-state index in [0.29, 0.717) is 10.6 Å². The van der Waals surface area contributed by atoms with Crippen LogP contribution in [0.2, 0.25) is 5.02 Å². The number of likely N-dealkylation sites (tertiary alicyclic amines) is 1. The minimum Gasteiger partial charge on any atom is -0.385 e. The Labute approximate surface area is 131 Å². The molecule has 1 aliphatic heterocycles. The van der Waals surface area contributed by atoms with Crippen LogP contribution < -0.4 is 10.6 Å². The molecule has 1 aliphatic rings. The molecule has 1 unspecified atom stereocenters. The smallest absolute Gasteiger partial charge is 0.253 e. The van der Waals surface area contributed by atoms with Crippen LogP contribution in [0.4, 0.5) is 5.69 Å². The third-order valence-corrected chi connectivity index (χ3v) is 4.12. The van der Waals surface area contributed by atoms with Gasteiger partial charge in [0.1, 0.15) is 0 Å². The van der Waals surface area contributed by atoms with Crippen molar-refractivity contribution in [3.63, 3.8) is 0 Å². The maximum Gasteiger partial charge on any atom is 0.253 e. The Morgan fingerprint density at radius 1 is 1.43 bits per heavy atom. The second-order valence-electron chi connectivity index (χ2n) is 5.43. The molecule has 1 saturated heterocycles. The van der Waals surface area contributed by atoms with Crippen molar-refractivity contribution in [2.24, 2.45) is 0 Å². The van der Waals surface area contributed by atoms with Gasteiger partial charge in [0, 0.05) is 29.8 Å². The van der Waals surface area contributed by atoms with Gasteiger partial charge in [-0.1, -0.05) is 18.5 Å². The minimum atomic E-state index is -0.0450. The Morgan fingerprint density at radius 3 is 2.95 bits per heavy atom. The van der Waals surface area contributed by atoms with Gasteiger partial charge in [0.2, 0.25) is 0 Å². The van der Waals surface area contributed by atoms with Crippen molar-refractivity contribution in [1.29, 1.82) is 0 Å². The summed E-state index contributed by atoms with van der Waals surface area (Å²) >= 11 is 6.03. The Balaban J connectivity index is 2.07. The highest BCUT2D eigenvalue weighted by Gasteiger charge is 2.22. The predicted octanol–water partition coefficient (Wildman–Crippen LogP) is 2.99. The lowest BCUT2D eigenvalue weighted by atomic mass is 10.0. The van der Waals surface area contributed by atoms with Crippen LogP contribution in [0.3, 0.4) is 0 Å². The number of piperidine rings is 1. The largest absolute Gasteiger partial charge is 0.385 e. The number of hydrogen-bond acceptors (Lipinski definition) is 3. The van der Waals surface area contributed by atoms with Crippen molar-refractivity contribution in [2.45, 2.75) is 32.7 Å². The molecule has 0 bridgehead atoms. The number of halogens is 1. The first kappa shape index (κ1) is 16.1. The summed E-state index contributed by atoms with van der Waals surface area (Å²) in [5.41, 5.74) is 1.46. The summed E-state index contributed by atoms with van der Waals surface area (Å²) in [6.07, 6.45) is 2.17. The topological polar surface area (TPSA) is 44.4 Å². The van der Waals surface area contributed by atoms with Crippen molar-refractivity contribution in [2.75, 3.05) is 31.5 Å². The molecule has 0 spiro atoms. The third-order valence-electron chi connectivity index (χ3n) is 3.88. The van der Waals surface area contributed by atoms with Crippen molar-refractivity contribution < 1.29 is 4.79 Å². The summed E-state index contributed by atoms with van der Waals surface area (Å²) in [5, 5.41) is 6.94. The Bertz CT molecular complexity index is 492. The Kier molecular flexibility index (Phi) is 5.88. The molecule has 0 saturated carbocycles. The van der Waals surface area contributed by atoms with Gasteiger partial charge in [-0.05, 0) is 51.1 Å². The lowest BCUT2D eigenvalue weighted by molar-refractivity contribution is 0.0906. The molecule has 1 atom stereocenters. The number of carbonyl (C=O) groups is 1. The second kappa shape index (κ2) is 7.66. The summed E-state index contributed by atoms with van der Waals surface area (Å²) in [6.45, 7) is 8.03. The van der Waals surface area contributed by atoms with Crippen molar-refractivity contribution in [1.82, 2.24) is 10.2 Å². The van der Waals surface area contributed by atoms with Crippen LogP contribution in [0.25, 0.3) is 0 Å². The zero-order valence-electron chi connectivity index (χ0n) is 12.8. The van der Waals surface area contributed by atoms with Gasteiger partial charge in [-0.3, -0.25) is 4.79 Å². The van der Waals surface area contributed by atoms with E-state index in [4.69, 9.17) is 11.6 Å². The summed E-state index contributed by atoms with van der Waals surface area (Å²) < 4.78 is 0. The van der Waals surface area contributed by atoms with E-state index in [1.165, 1.54) is 0 Å². The van der Waals surface area contributed by atoms with Crippen molar-refractivity contribution in [3.8, 4) is 0 Å². The number of nitrogens with zero attached hydrogens (tertiary/aromatic N) is 1. The number of benzene rings is 1.